The largest absolute Gasteiger partial charge is 0.370 e. The van der Waals surface area contributed by atoms with Crippen LogP contribution in [-0.2, 0) is 11.3 Å². The first-order chi connectivity index (χ1) is 11.7. The van der Waals surface area contributed by atoms with Crippen molar-refractivity contribution in [1.29, 1.82) is 0 Å². The van der Waals surface area contributed by atoms with Crippen LogP contribution >= 0.6 is 11.3 Å². The Morgan fingerprint density at radius 1 is 1.29 bits per heavy atom. The fourth-order valence-electron chi connectivity index (χ4n) is 3.82. The van der Waals surface area contributed by atoms with Gasteiger partial charge in [-0.3, -0.25) is 4.90 Å². The molecule has 128 valence electrons. The van der Waals surface area contributed by atoms with E-state index in [0.717, 1.165) is 62.9 Å². The molecule has 0 N–H and O–H groups in total. The highest BCUT2D eigenvalue weighted by molar-refractivity contribution is 7.09. The van der Waals surface area contributed by atoms with Gasteiger partial charge >= 0.3 is 0 Å². The maximum atomic E-state index is 13.6. The Hall–Kier alpha value is -1.50. The van der Waals surface area contributed by atoms with Crippen molar-refractivity contribution in [1.82, 2.24) is 9.88 Å². The summed E-state index contributed by atoms with van der Waals surface area (Å²) in [6.07, 6.45) is 4.00. The third kappa shape index (κ3) is 3.45. The highest BCUT2D eigenvalue weighted by Crippen LogP contribution is 2.32. The van der Waals surface area contributed by atoms with Crippen molar-refractivity contribution in [2.45, 2.75) is 25.0 Å². The van der Waals surface area contributed by atoms with Gasteiger partial charge in [0.05, 0.1) is 18.8 Å². The van der Waals surface area contributed by atoms with Crippen molar-refractivity contribution in [2.75, 3.05) is 37.7 Å². The van der Waals surface area contributed by atoms with E-state index in [1.54, 1.807) is 23.5 Å². The van der Waals surface area contributed by atoms with E-state index < -0.39 is 0 Å². The highest BCUT2D eigenvalue weighted by Gasteiger charge is 2.40. The number of halogens is 1. The zero-order valence-electron chi connectivity index (χ0n) is 13.7. The molecule has 2 aliphatic rings. The first-order valence-electron chi connectivity index (χ1n) is 8.48. The van der Waals surface area contributed by atoms with Gasteiger partial charge in [0.1, 0.15) is 10.8 Å². The number of ether oxygens (including phenoxy) is 1. The Balaban J connectivity index is 1.47. The van der Waals surface area contributed by atoms with Gasteiger partial charge in [-0.05, 0) is 31.0 Å². The minimum Gasteiger partial charge on any atom is -0.370 e. The third-order valence-electron chi connectivity index (χ3n) is 4.88. The van der Waals surface area contributed by atoms with Crippen molar-refractivity contribution in [3.05, 3.63) is 46.7 Å². The quantitative estimate of drug-likeness (QED) is 0.853. The second-order valence-corrected chi connectivity index (χ2v) is 7.65. The van der Waals surface area contributed by atoms with E-state index >= 15 is 0 Å². The minimum atomic E-state index is -0.179. The summed E-state index contributed by atoms with van der Waals surface area (Å²) in [4.78, 5) is 9.11. The van der Waals surface area contributed by atoms with E-state index in [9.17, 15) is 4.39 Å². The van der Waals surface area contributed by atoms with E-state index in [4.69, 9.17) is 4.74 Å². The van der Waals surface area contributed by atoms with Gasteiger partial charge in [0.15, 0.2) is 0 Å². The fourth-order valence-corrected chi connectivity index (χ4v) is 4.48. The summed E-state index contributed by atoms with van der Waals surface area (Å²) in [7, 11) is 0. The van der Waals surface area contributed by atoms with E-state index in [-0.39, 0.29) is 11.4 Å². The van der Waals surface area contributed by atoms with Crippen LogP contribution in [0.1, 0.15) is 17.8 Å². The summed E-state index contributed by atoms with van der Waals surface area (Å²) in [6.45, 7) is 5.29. The number of aromatic nitrogens is 1. The first kappa shape index (κ1) is 16.0. The van der Waals surface area contributed by atoms with Gasteiger partial charge in [-0.2, -0.15) is 0 Å². The number of morpholine rings is 1. The number of benzene rings is 1. The monoisotopic (exact) mass is 347 g/mol. The molecule has 2 saturated heterocycles. The van der Waals surface area contributed by atoms with Crippen LogP contribution in [0.25, 0.3) is 0 Å². The molecule has 24 heavy (non-hydrogen) atoms. The molecular weight excluding hydrogens is 325 g/mol. The van der Waals surface area contributed by atoms with Gasteiger partial charge in [0.25, 0.3) is 0 Å². The van der Waals surface area contributed by atoms with Crippen molar-refractivity contribution in [3.63, 3.8) is 0 Å². The summed E-state index contributed by atoms with van der Waals surface area (Å²) in [5.74, 6) is -0.179. The maximum absolute atomic E-state index is 13.6. The molecule has 1 atom stereocenters. The van der Waals surface area contributed by atoms with Crippen molar-refractivity contribution in [2.24, 2.45) is 0 Å². The molecule has 1 aromatic carbocycles. The van der Waals surface area contributed by atoms with Gasteiger partial charge in [-0.1, -0.05) is 6.07 Å². The van der Waals surface area contributed by atoms with Crippen LogP contribution in [0.15, 0.2) is 35.8 Å². The van der Waals surface area contributed by atoms with E-state index in [0.29, 0.717) is 0 Å². The molecule has 0 amide bonds. The molecule has 6 heteroatoms. The molecule has 0 radical (unpaired) electrons. The average molecular weight is 347 g/mol. The highest BCUT2D eigenvalue weighted by atomic mass is 32.1. The van der Waals surface area contributed by atoms with Crippen LogP contribution in [0.4, 0.5) is 10.1 Å². The second-order valence-electron chi connectivity index (χ2n) is 6.67. The van der Waals surface area contributed by atoms with Gasteiger partial charge in [-0.25, -0.2) is 9.37 Å². The van der Waals surface area contributed by atoms with Crippen LogP contribution in [-0.4, -0.2) is 48.3 Å². The predicted octanol–water partition coefficient (Wildman–Crippen LogP) is 3.15. The normalized spacial score (nSPS) is 25.3. The van der Waals surface area contributed by atoms with Crippen LogP contribution in [0.5, 0.6) is 0 Å². The lowest BCUT2D eigenvalue weighted by molar-refractivity contribution is -0.116. The first-order valence-corrected chi connectivity index (χ1v) is 9.36. The summed E-state index contributed by atoms with van der Waals surface area (Å²) in [6, 6.07) is 6.88. The summed E-state index contributed by atoms with van der Waals surface area (Å²) < 4.78 is 19.8. The van der Waals surface area contributed by atoms with Gasteiger partial charge in [-0.15, -0.1) is 11.3 Å². The lowest BCUT2D eigenvalue weighted by Crippen LogP contribution is -2.59. The Bertz CT molecular complexity index is 677. The number of hydrogen-bond donors (Lipinski definition) is 0. The molecular formula is C18H22FN3OS. The van der Waals surface area contributed by atoms with E-state index in [1.165, 1.54) is 6.07 Å². The Kier molecular flexibility index (Phi) is 4.52. The lowest BCUT2D eigenvalue weighted by Gasteiger charge is -2.48. The molecule has 4 rings (SSSR count). The molecule has 2 aromatic rings. The van der Waals surface area contributed by atoms with Gasteiger partial charge in [0, 0.05) is 43.4 Å². The van der Waals surface area contributed by atoms with Gasteiger partial charge in [0.2, 0.25) is 0 Å². The molecule has 1 spiro atoms. The van der Waals surface area contributed by atoms with Crippen molar-refractivity contribution < 1.29 is 9.13 Å². The Morgan fingerprint density at radius 2 is 2.25 bits per heavy atom. The number of anilines is 1. The zero-order chi connectivity index (χ0) is 16.4. The summed E-state index contributed by atoms with van der Waals surface area (Å²) in [5.41, 5.74) is 0.801. The molecule has 4 nitrogen and oxygen atoms in total. The number of nitrogens with zero attached hydrogens (tertiary/aromatic N) is 3. The number of rotatable bonds is 3. The molecule has 0 saturated carbocycles. The Labute approximate surface area is 145 Å². The van der Waals surface area contributed by atoms with E-state index in [2.05, 4.69) is 14.8 Å². The summed E-state index contributed by atoms with van der Waals surface area (Å²) >= 11 is 1.70. The fraction of sp³-hybridized carbons (Fsp3) is 0.500. The van der Waals surface area contributed by atoms with Crippen LogP contribution < -0.4 is 4.90 Å². The van der Waals surface area contributed by atoms with Crippen LogP contribution in [0.2, 0.25) is 0 Å². The average Bonchev–Trinajstić information content (AvgIpc) is 3.08. The minimum absolute atomic E-state index is 0.153. The van der Waals surface area contributed by atoms with Crippen LogP contribution in [0, 0.1) is 5.82 Å². The third-order valence-corrected chi connectivity index (χ3v) is 5.65. The maximum Gasteiger partial charge on any atom is 0.125 e. The molecule has 0 aliphatic carbocycles. The predicted molar refractivity (Wildman–Crippen MR) is 93.9 cm³/mol. The zero-order valence-corrected chi connectivity index (χ0v) is 14.5. The molecule has 3 heterocycles. The lowest BCUT2D eigenvalue weighted by atomic mass is 9.90. The smallest absolute Gasteiger partial charge is 0.125 e. The molecule has 2 aliphatic heterocycles. The number of hydrogen-bond acceptors (Lipinski definition) is 5. The topological polar surface area (TPSA) is 28.6 Å². The summed E-state index contributed by atoms with van der Waals surface area (Å²) in [5, 5.41) is 3.18. The molecule has 0 bridgehead atoms. The van der Waals surface area contributed by atoms with Crippen LogP contribution in [0.3, 0.4) is 0 Å². The van der Waals surface area contributed by atoms with Gasteiger partial charge < -0.3 is 9.64 Å². The van der Waals surface area contributed by atoms with E-state index in [1.807, 2.05) is 17.6 Å². The standard InChI is InChI=1S/C18H22FN3OS/c19-15-3-1-4-16(11-15)22-7-2-5-18(14-22)13-21(8-9-23-18)12-17-20-6-10-24-17/h1,3-4,6,10-11H,2,5,7-9,12-14H2/t18-/m0/s1. The number of thiazole rings is 1. The second kappa shape index (κ2) is 6.78. The number of piperidine rings is 1. The molecule has 0 unspecified atom stereocenters. The SMILES string of the molecule is Fc1cccc(N2CCC[C@]3(CN(Cc4nccs4)CCO3)C2)c1. The van der Waals surface area contributed by atoms with Crippen molar-refractivity contribution in [3.8, 4) is 0 Å². The Morgan fingerprint density at radius 3 is 3.08 bits per heavy atom. The molecule has 1 aromatic heterocycles. The van der Waals surface area contributed by atoms with Crippen molar-refractivity contribution >= 4 is 17.0 Å². The molecule has 2 fully saturated rings.